The largest absolute Gasteiger partial charge is 0.463 e. The standard InChI is InChI=1S/C27H37FN6O3/c28-19-37-22-11-9-20(10-12-22)23-17-24-25(35)33(16-15-32-13-5-6-14-32)27(29,18-34(24)31-23)26(36)30-21-7-3-1-2-4-8-21/h9-12,17,21H,1-8,13-16,18-19,29H2,(H,30,36). The number of nitrogens with zero attached hydrogens (tertiary/aromatic N) is 4. The van der Waals surface area contributed by atoms with Crippen molar-refractivity contribution >= 4 is 11.8 Å². The molecule has 1 aromatic carbocycles. The molecular formula is C27H37FN6O3. The Bertz CT molecular complexity index is 1090. The fourth-order valence-corrected chi connectivity index (χ4v) is 5.75. The van der Waals surface area contributed by atoms with Gasteiger partial charge in [-0.1, -0.05) is 25.7 Å². The normalized spacial score (nSPS) is 23.1. The molecule has 3 N–H and O–H groups in total. The zero-order valence-electron chi connectivity index (χ0n) is 21.3. The summed E-state index contributed by atoms with van der Waals surface area (Å²) < 4.78 is 18.9. The van der Waals surface area contributed by atoms with Gasteiger partial charge in [0.05, 0.1) is 12.2 Å². The van der Waals surface area contributed by atoms with Crippen molar-refractivity contribution < 1.29 is 18.7 Å². The molecular weight excluding hydrogens is 475 g/mol. The molecule has 10 heteroatoms. The molecule has 2 aliphatic heterocycles. The van der Waals surface area contributed by atoms with Gasteiger partial charge < -0.3 is 19.9 Å². The molecule has 1 unspecified atom stereocenters. The summed E-state index contributed by atoms with van der Waals surface area (Å²) in [5, 5.41) is 7.82. The molecule has 9 nitrogen and oxygen atoms in total. The Hall–Kier alpha value is -2.98. The maximum atomic E-state index is 13.8. The van der Waals surface area contributed by atoms with Crippen molar-refractivity contribution in [2.24, 2.45) is 5.73 Å². The molecule has 200 valence electrons. The van der Waals surface area contributed by atoms with E-state index in [4.69, 9.17) is 10.5 Å². The number of fused-ring (bicyclic) bond motifs is 1. The van der Waals surface area contributed by atoms with Crippen molar-refractivity contribution in [2.45, 2.75) is 69.6 Å². The Morgan fingerprint density at radius 3 is 2.46 bits per heavy atom. The van der Waals surface area contributed by atoms with E-state index < -0.39 is 12.5 Å². The number of likely N-dealkylation sites (tertiary alicyclic amines) is 1. The van der Waals surface area contributed by atoms with Crippen LogP contribution in [0.15, 0.2) is 30.3 Å². The highest BCUT2D eigenvalue weighted by molar-refractivity contribution is 6.00. The molecule has 1 aliphatic carbocycles. The van der Waals surface area contributed by atoms with Crippen molar-refractivity contribution in [1.29, 1.82) is 0 Å². The summed E-state index contributed by atoms with van der Waals surface area (Å²) >= 11 is 0. The van der Waals surface area contributed by atoms with Gasteiger partial charge in [-0.3, -0.25) is 20.0 Å². The van der Waals surface area contributed by atoms with E-state index >= 15 is 0 Å². The van der Waals surface area contributed by atoms with Crippen molar-refractivity contribution in [2.75, 3.05) is 33.0 Å². The molecule has 1 aromatic heterocycles. The van der Waals surface area contributed by atoms with Gasteiger partial charge in [0.15, 0.2) is 5.66 Å². The first kappa shape index (κ1) is 25.7. The van der Waals surface area contributed by atoms with Crippen LogP contribution in [0.3, 0.4) is 0 Å². The number of halogens is 1. The SMILES string of the molecule is NC1(C(=O)NC2CCCCCC2)Cn2nc(-c3ccc(OCF)cc3)cc2C(=O)N1CCN1CCCC1. The van der Waals surface area contributed by atoms with Gasteiger partial charge in [0, 0.05) is 24.7 Å². The van der Waals surface area contributed by atoms with E-state index in [0.717, 1.165) is 57.2 Å². The fraction of sp³-hybridized carbons (Fsp3) is 0.593. The van der Waals surface area contributed by atoms with Crippen LogP contribution in [0.4, 0.5) is 4.39 Å². The number of rotatable bonds is 8. The van der Waals surface area contributed by atoms with Crippen LogP contribution < -0.4 is 15.8 Å². The third-order valence-electron chi connectivity index (χ3n) is 7.91. The first-order valence-electron chi connectivity index (χ1n) is 13.5. The van der Waals surface area contributed by atoms with Crippen LogP contribution in [-0.2, 0) is 11.3 Å². The lowest BCUT2D eigenvalue weighted by Gasteiger charge is -2.43. The van der Waals surface area contributed by atoms with Gasteiger partial charge in [-0.25, -0.2) is 4.39 Å². The van der Waals surface area contributed by atoms with E-state index in [0.29, 0.717) is 30.2 Å². The van der Waals surface area contributed by atoms with E-state index in [1.807, 2.05) is 0 Å². The number of hydrogen-bond donors (Lipinski definition) is 2. The zero-order valence-corrected chi connectivity index (χ0v) is 21.3. The Kier molecular flexibility index (Phi) is 7.76. The number of benzene rings is 1. The molecule has 5 rings (SSSR count). The van der Waals surface area contributed by atoms with Crippen LogP contribution >= 0.6 is 0 Å². The number of amides is 2. The molecule has 1 saturated heterocycles. The third-order valence-corrected chi connectivity index (χ3v) is 7.91. The predicted molar refractivity (Wildman–Crippen MR) is 138 cm³/mol. The summed E-state index contributed by atoms with van der Waals surface area (Å²) in [4.78, 5) is 31.4. The molecule has 1 saturated carbocycles. The summed E-state index contributed by atoms with van der Waals surface area (Å²) in [7, 11) is 0. The van der Waals surface area contributed by atoms with E-state index in [1.165, 1.54) is 12.8 Å². The van der Waals surface area contributed by atoms with Crippen LogP contribution in [0.1, 0.15) is 61.9 Å². The average Bonchev–Trinajstić information content (AvgIpc) is 3.49. The second-order valence-electron chi connectivity index (χ2n) is 10.4. The molecule has 2 aromatic rings. The third kappa shape index (κ3) is 5.50. The molecule has 0 radical (unpaired) electrons. The van der Waals surface area contributed by atoms with E-state index in [-0.39, 0.29) is 24.4 Å². The van der Waals surface area contributed by atoms with E-state index in [2.05, 4.69) is 15.3 Å². The Morgan fingerprint density at radius 1 is 1.08 bits per heavy atom. The van der Waals surface area contributed by atoms with Gasteiger partial charge in [0.2, 0.25) is 6.86 Å². The lowest BCUT2D eigenvalue weighted by Crippen LogP contribution is -2.72. The fourth-order valence-electron chi connectivity index (χ4n) is 5.75. The van der Waals surface area contributed by atoms with Gasteiger partial charge in [0.25, 0.3) is 11.8 Å². The second kappa shape index (κ2) is 11.2. The van der Waals surface area contributed by atoms with Gasteiger partial charge in [0.1, 0.15) is 11.4 Å². The summed E-state index contributed by atoms with van der Waals surface area (Å²) in [6.45, 7) is 2.23. The highest BCUT2D eigenvalue weighted by atomic mass is 19.1. The van der Waals surface area contributed by atoms with Gasteiger partial charge >= 0.3 is 0 Å². The number of nitrogens with one attached hydrogen (secondary N) is 1. The summed E-state index contributed by atoms with van der Waals surface area (Å²) in [5.41, 5.74) is 7.08. The lowest BCUT2D eigenvalue weighted by molar-refractivity contribution is -0.135. The van der Waals surface area contributed by atoms with Crippen molar-refractivity contribution in [3.05, 3.63) is 36.0 Å². The van der Waals surface area contributed by atoms with Gasteiger partial charge in [-0.15, -0.1) is 0 Å². The maximum Gasteiger partial charge on any atom is 0.274 e. The van der Waals surface area contributed by atoms with Gasteiger partial charge in [-0.05, 0) is 69.1 Å². The number of ether oxygens (including phenoxy) is 1. The molecule has 2 amide bonds. The van der Waals surface area contributed by atoms with Crippen LogP contribution in [0.25, 0.3) is 11.3 Å². The van der Waals surface area contributed by atoms with Gasteiger partial charge in [-0.2, -0.15) is 5.10 Å². The first-order chi connectivity index (χ1) is 18.0. The molecule has 1 atom stereocenters. The monoisotopic (exact) mass is 512 g/mol. The molecule has 37 heavy (non-hydrogen) atoms. The molecule has 2 fully saturated rings. The topological polar surface area (TPSA) is 106 Å². The van der Waals surface area contributed by atoms with Crippen LogP contribution in [0.5, 0.6) is 5.75 Å². The number of carbonyl (C=O) groups excluding carboxylic acids is 2. The maximum absolute atomic E-state index is 13.8. The van der Waals surface area contributed by atoms with Crippen molar-refractivity contribution in [3.63, 3.8) is 0 Å². The number of alkyl halides is 1. The first-order valence-corrected chi connectivity index (χ1v) is 13.5. The second-order valence-corrected chi connectivity index (χ2v) is 10.4. The summed E-state index contributed by atoms with van der Waals surface area (Å²) in [6.07, 6.45) is 8.70. The Balaban J connectivity index is 1.41. The Labute approximate surface area is 217 Å². The number of aromatic nitrogens is 2. The van der Waals surface area contributed by atoms with Crippen LogP contribution in [-0.4, -0.2) is 76.1 Å². The van der Waals surface area contributed by atoms with Crippen LogP contribution in [0, 0.1) is 0 Å². The molecule has 0 spiro atoms. The molecule has 3 heterocycles. The minimum atomic E-state index is -1.53. The molecule has 0 bridgehead atoms. The predicted octanol–water partition coefficient (Wildman–Crippen LogP) is 2.90. The quantitative estimate of drug-likeness (QED) is 0.527. The average molecular weight is 513 g/mol. The highest BCUT2D eigenvalue weighted by Gasteiger charge is 2.49. The van der Waals surface area contributed by atoms with E-state index in [1.54, 1.807) is 39.9 Å². The Morgan fingerprint density at radius 2 is 1.78 bits per heavy atom. The molecule has 3 aliphatic rings. The number of nitrogens with two attached hydrogens (primary N) is 1. The number of hydrogen-bond acceptors (Lipinski definition) is 6. The summed E-state index contributed by atoms with van der Waals surface area (Å²) in [6, 6.07) is 8.66. The lowest BCUT2D eigenvalue weighted by atomic mass is 10.0. The zero-order chi connectivity index (χ0) is 25.8. The minimum Gasteiger partial charge on any atom is -0.463 e. The highest BCUT2D eigenvalue weighted by Crippen LogP contribution is 2.29. The van der Waals surface area contributed by atoms with E-state index in [9.17, 15) is 14.0 Å². The minimum absolute atomic E-state index is 0.0746. The van der Waals surface area contributed by atoms with Crippen molar-refractivity contribution in [1.82, 2.24) is 24.9 Å². The number of carbonyl (C=O) groups is 2. The van der Waals surface area contributed by atoms with Crippen LogP contribution in [0.2, 0.25) is 0 Å². The summed E-state index contributed by atoms with van der Waals surface area (Å²) in [5.74, 6) is -0.194. The smallest absolute Gasteiger partial charge is 0.274 e. The van der Waals surface area contributed by atoms with Crippen molar-refractivity contribution in [3.8, 4) is 17.0 Å².